The van der Waals surface area contributed by atoms with Gasteiger partial charge in [-0.3, -0.25) is 4.68 Å². The second-order valence-electron chi connectivity index (χ2n) is 4.43. The van der Waals surface area contributed by atoms with Gasteiger partial charge in [-0.25, -0.2) is 0 Å². The van der Waals surface area contributed by atoms with Crippen LogP contribution in [0.2, 0.25) is 0 Å². The molecular formula is C11H20N2. The third kappa shape index (κ3) is 2.11. The molecule has 74 valence electrons. The summed E-state index contributed by atoms with van der Waals surface area (Å²) in [5.74, 6) is 0. The highest BCUT2D eigenvalue weighted by atomic mass is 15.3. The molecule has 0 aromatic carbocycles. The van der Waals surface area contributed by atoms with Gasteiger partial charge in [-0.15, -0.1) is 0 Å². The quantitative estimate of drug-likeness (QED) is 0.699. The highest BCUT2D eigenvalue weighted by Crippen LogP contribution is 2.28. The predicted molar refractivity (Wildman–Crippen MR) is 55.9 cm³/mol. The zero-order chi connectivity index (χ0) is 10.1. The summed E-state index contributed by atoms with van der Waals surface area (Å²) in [5.41, 5.74) is 2.71. The van der Waals surface area contributed by atoms with Crippen molar-refractivity contribution < 1.29 is 0 Å². The molecule has 0 aliphatic carbocycles. The minimum absolute atomic E-state index is 0.255. The molecule has 1 aromatic heterocycles. The van der Waals surface area contributed by atoms with Crippen LogP contribution in [0.1, 0.15) is 45.0 Å². The maximum atomic E-state index is 4.38. The van der Waals surface area contributed by atoms with Crippen LogP contribution in [0.5, 0.6) is 0 Å². The van der Waals surface area contributed by atoms with Gasteiger partial charge in [0.15, 0.2) is 0 Å². The van der Waals surface area contributed by atoms with Crippen molar-refractivity contribution in [3.8, 4) is 0 Å². The average molecular weight is 180 g/mol. The van der Waals surface area contributed by atoms with Crippen molar-refractivity contribution in [3.63, 3.8) is 0 Å². The van der Waals surface area contributed by atoms with Gasteiger partial charge < -0.3 is 0 Å². The topological polar surface area (TPSA) is 17.8 Å². The van der Waals surface area contributed by atoms with E-state index in [-0.39, 0.29) is 5.41 Å². The van der Waals surface area contributed by atoms with Crippen molar-refractivity contribution >= 4 is 0 Å². The van der Waals surface area contributed by atoms with Gasteiger partial charge in [0.25, 0.3) is 0 Å². The lowest BCUT2D eigenvalue weighted by molar-refractivity contribution is 0.436. The number of aryl methyl sites for hydroxylation is 2. The summed E-state index contributed by atoms with van der Waals surface area (Å²) in [7, 11) is 2.03. The van der Waals surface area contributed by atoms with E-state index in [1.54, 1.807) is 0 Å². The summed E-state index contributed by atoms with van der Waals surface area (Å²) >= 11 is 0. The van der Waals surface area contributed by atoms with Gasteiger partial charge in [-0.2, -0.15) is 5.10 Å². The highest BCUT2D eigenvalue weighted by Gasteiger charge is 2.23. The fraction of sp³-hybridized carbons (Fsp3) is 0.727. The largest absolute Gasteiger partial charge is 0.272 e. The predicted octanol–water partition coefficient (Wildman–Crippen LogP) is 2.81. The van der Waals surface area contributed by atoms with Gasteiger partial charge in [-0.05, 0) is 19.4 Å². The van der Waals surface area contributed by atoms with Gasteiger partial charge >= 0.3 is 0 Å². The summed E-state index contributed by atoms with van der Waals surface area (Å²) in [6, 6.07) is 2.19. The molecule has 0 saturated heterocycles. The number of nitrogens with zero attached hydrogens (tertiary/aromatic N) is 2. The van der Waals surface area contributed by atoms with E-state index in [0.717, 1.165) is 5.69 Å². The van der Waals surface area contributed by atoms with Crippen molar-refractivity contribution in [2.45, 2.75) is 46.0 Å². The first kappa shape index (κ1) is 10.3. The lowest BCUT2D eigenvalue weighted by Gasteiger charge is -2.23. The standard InChI is InChI=1S/C11H20N2/c1-6-7-11(3,4)10-8-9(2)12-13(10)5/h8H,6-7H2,1-5H3. The first-order valence-electron chi connectivity index (χ1n) is 4.98. The molecule has 0 saturated carbocycles. The molecule has 0 aliphatic heterocycles. The van der Waals surface area contributed by atoms with Crippen LogP contribution < -0.4 is 0 Å². The second kappa shape index (κ2) is 3.52. The molecule has 2 heteroatoms. The van der Waals surface area contributed by atoms with Crippen LogP contribution in [0.3, 0.4) is 0 Å². The summed E-state index contributed by atoms with van der Waals surface area (Å²) in [6.45, 7) is 8.84. The minimum atomic E-state index is 0.255. The third-order valence-electron chi connectivity index (χ3n) is 2.57. The number of hydrogen-bond donors (Lipinski definition) is 0. The zero-order valence-electron chi connectivity index (χ0n) is 9.39. The fourth-order valence-electron chi connectivity index (χ4n) is 2.00. The molecule has 2 nitrogen and oxygen atoms in total. The molecule has 0 unspecified atom stereocenters. The van der Waals surface area contributed by atoms with Crippen LogP contribution in [0, 0.1) is 6.92 Å². The molecule has 1 rings (SSSR count). The number of hydrogen-bond acceptors (Lipinski definition) is 1. The van der Waals surface area contributed by atoms with Crippen LogP contribution in [-0.2, 0) is 12.5 Å². The van der Waals surface area contributed by atoms with Gasteiger partial charge in [0.1, 0.15) is 0 Å². The van der Waals surface area contributed by atoms with E-state index in [1.165, 1.54) is 18.5 Å². The third-order valence-corrected chi connectivity index (χ3v) is 2.57. The Kier molecular flexibility index (Phi) is 2.79. The van der Waals surface area contributed by atoms with Gasteiger partial charge in [0.05, 0.1) is 5.69 Å². The molecule has 0 atom stereocenters. The summed E-state index contributed by atoms with van der Waals surface area (Å²) in [4.78, 5) is 0. The zero-order valence-corrected chi connectivity index (χ0v) is 9.39. The van der Waals surface area contributed by atoms with Gasteiger partial charge in [0, 0.05) is 18.2 Å². The van der Waals surface area contributed by atoms with Crippen molar-refractivity contribution in [2.24, 2.45) is 7.05 Å². The van der Waals surface area contributed by atoms with Crippen LogP contribution in [-0.4, -0.2) is 9.78 Å². The van der Waals surface area contributed by atoms with Crippen LogP contribution >= 0.6 is 0 Å². The molecule has 0 spiro atoms. The first-order valence-corrected chi connectivity index (χ1v) is 4.98. The van der Waals surface area contributed by atoms with Crippen molar-refractivity contribution in [1.29, 1.82) is 0 Å². The summed E-state index contributed by atoms with van der Waals surface area (Å²) in [6.07, 6.45) is 2.43. The van der Waals surface area contributed by atoms with Crippen LogP contribution in [0.15, 0.2) is 6.07 Å². The number of aromatic nitrogens is 2. The highest BCUT2D eigenvalue weighted by molar-refractivity contribution is 5.17. The molecule has 0 N–H and O–H groups in total. The van der Waals surface area contributed by atoms with E-state index in [4.69, 9.17) is 0 Å². The molecule has 1 aromatic rings. The van der Waals surface area contributed by atoms with Crippen molar-refractivity contribution in [3.05, 3.63) is 17.5 Å². The SMILES string of the molecule is CCCC(C)(C)c1cc(C)nn1C. The van der Waals surface area contributed by atoms with Crippen LogP contribution in [0.25, 0.3) is 0 Å². The summed E-state index contributed by atoms with van der Waals surface area (Å²) in [5, 5.41) is 4.38. The number of rotatable bonds is 3. The first-order chi connectivity index (χ1) is 5.97. The van der Waals surface area contributed by atoms with E-state index in [9.17, 15) is 0 Å². The van der Waals surface area contributed by atoms with Crippen molar-refractivity contribution in [1.82, 2.24) is 9.78 Å². The summed E-state index contributed by atoms with van der Waals surface area (Å²) < 4.78 is 2.00. The van der Waals surface area contributed by atoms with Crippen molar-refractivity contribution in [2.75, 3.05) is 0 Å². The normalized spacial score (nSPS) is 12.1. The van der Waals surface area contributed by atoms with Gasteiger partial charge in [0.2, 0.25) is 0 Å². The molecule has 13 heavy (non-hydrogen) atoms. The Hall–Kier alpha value is -0.790. The van der Waals surface area contributed by atoms with Gasteiger partial charge in [-0.1, -0.05) is 27.2 Å². The smallest absolute Gasteiger partial charge is 0.0596 e. The Morgan fingerprint density at radius 3 is 2.46 bits per heavy atom. The second-order valence-corrected chi connectivity index (χ2v) is 4.43. The molecule has 0 bridgehead atoms. The Bertz CT molecular complexity index is 284. The molecule has 0 amide bonds. The maximum Gasteiger partial charge on any atom is 0.0596 e. The van der Waals surface area contributed by atoms with E-state index >= 15 is 0 Å². The van der Waals surface area contributed by atoms with E-state index in [2.05, 4.69) is 31.9 Å². The minimum Gasteiger partial charge on any atom is -0.272 e. The lowest BCUT2D eigenvalue weighted by Crippen LogP contribution is -2.20. The molecule has 0 radical (unpaired) electrons. The molecule has 1 heterocycles. The Morgan fingerprint density at radius 1 is 1.46 bits per heavy atom. The average Bonchev–Trinajstić information content (AvgIpc) is 2.30. The lowest BCUT2D eigenvalue weighted by atomic mass is 9.84. The van der Waals surface area contributed by atoms with E-state index < -0.39 is 0 Å². The monoisotopic (exact) mass is 180 g/mol. The van der Waals surface area contributed by atoms with E-state index in [0.29, 0.717) is 0 Å². The Balaban J connectivity index is 2.98. The maximum absolute atomic E-state index is 4.38. The molecule has 0 aliphatic rings. The Labute approximate surface area is 81.0 Å². The fourth-order valence-corrected chi connectivity index (χ4v) is 2.00. The van der Waals surface area contributed by atoms with Crippen LogP contribution in [0.4, 0.5) is 0 Å². The van der Waals surface area contributed by atoms with E-state index in [1.807, 2.05) is 18.7 Å². The molecular weight excluding hydrogens is 160 g/mol. The Morgan fingerprint density at radius 2 is 2.08 bits per heavy atom. The molecule has 0 fully saturated rings.